The molecule has 2 N–H and O–H groups in total. The van der Waals surface area contributed by atoms with E-state index in [0.29, 0.717) is 24.5 Å². The molecule has 0 fully saturated rings. The van der Waals surface area contributed by atoms with Crippen LogP contribution in [0.25, 0.3) is 0 Å². The quantitative estimate of drug-likeness (QED) is 0.730. The lowest BCUT2D eigenvalue weighted by atomic mass is 10.1. The highest BCUT2D eigenvalue weighted by molar-refractivity contribution is 5.39. The Hall–Kier alpha value is -2.17. The Labute approximate surface area is 124 Å². The van der Waals surface area contributed by atoms with Crippen LogP contribution in [-0.2, 0) is 6.42 Å². The van der Waals surface area contributed by atoms with E-state index in [4.69, 9.17) is 0 Å². The average Bonchev–Trinajstić information content (AvgIpc) is 2.50. The Morgan fingerprint density at radius 1 is 1.10 bits per heavy atom. The standard InChI is InChI=1S/C16H21FN4/c1-2-3-10-18-15-9-12-20-16(21-15)19-11-8-13-6-4-5-7-14(13)17/h4-7,9,12H,2-3,8,10-11H2,1H3,(H2,18,19,20,21). The second-order valence-corrected chi connectivity index (χ2v) is 4.81. The Bertz CT molecular complexity index is 559. The molecule has 1 aromatic heterocycles. The number of nitrogens with one attached hydrogen (secondary N) is 2. The van der Waals surface area contributed by atoms with Gasteiger partial charge in [0.1, 0.15) is 11.6 Å². The highest BCUT2D eigenvalue weighted by Gasteiger charge is 2.02. The summed E-state index contributed by atoms with van der Waals surface area (Å²) in [7, 11) is 0. The summed E-state index contributed by atoms with van der Waals surface area (Å²) in [5.74, 6) is 1.20. The molecule has 1 aromatic carbocycles. The molecule has 0 aliphatic carbocycles. The molecule has 1 heterocycles. The molecular weight excluding hydrogens is 267 g/mol. The van der Waals surface area contributed by atoms with E-state index in [-0.39, 0.29) is 5.82 Å². The lowest BCUT2D eigenvalue weighted by molar-refractivity contribution is 0.610. The number of anilines is 2. The SMILES string of the molecule is CCCCNc1ccnc(NCCc2ccccc2F)n1. The summed E-state index contributed by atoms with van der Waals surface area (Å²) in [6, 6.07) is 8.65. The molecule has 0 bridgehead atoms. The summed E-state index contributed by atoms with van der Waals surface area (Å²) >= 11 is 0. The third-order valence-electron chi connectivity index (χ3n) is 3.13. The highest BCUT2D eigenvalue weighted by Crippen LogP contribution is 2.09. The zero-order valence-corrected chi connectivity index (χ0v) is 12.3. The van der Waals surface area contributed by atoms with Gasteiger partial charge >= 0.3 is 0 Å². The lowest BCUT2D eigenvalue weighted by Crippen LogP contribution is -2.10. The fourth-order valence-corrected chi connectivity index (χ4v) is 1.95. The molecule has 2 rings (SSSR count). The molecule has 0 aliphatic heterocycles. The van der Waals surface area contributed by atoms with E-state index in [0.717, 1.165) is 25.2 Å². The van der Waals surface area contributed by atoms with Gasteiger partial charge in [-0.2, -0.15) is 4.98 Å². The van der Waals surface area contributed by atoms with E-state index in [1.807, 2.05) is 12.1 Å². The summed E-state index contributed by atoms with van der Waals surface area (Å²) in [6.07, 6.45) is 4.57. The molecule has 21 heavy (non-hydrogen) atoms. The second kappa shape index (κ2) is 8.19. The Balaban J connectivity index is 1.83. The van der Waals surface area contributed by atoms with Crippen molar-refractivity contribution in [2.75, 3.05) is 23.7 Å². The number of nitrogens with zero attached hydrogens (tertiary/aromatic N) is 2. The predicted octanol–water partition coefficient (Wildman–Crippen LogP) is 3.48. The smallest absolute Gasteiger partial charge is 0.224 e. The lowest BCUT2D eigenvalue weighted by Gasteiger charge is -2.08. The van der Waals surface area contributed by atoms with E-state index in [2.05, 4.69) is 27.5 Å². The summed E-state index contributed by atoms with van der Waals surface area (Å²) < 4.78 is 13.5. The molecule has 112 valence electrons. The molecule has 4 nitrogen and oxygen atoms in total. The van der Waals surface area contributed by atoms with Crippen molar-refractivity contribution in [3.05, 3.63) is 47.9 Å². The van der Waals surface area contributed by atoms with Crippen molar-refractivity contribution in [1.82, 2.24) is 9.97 Å². The summed E-state index contributed by atoms with van der Waals surface area (Å²) in [5.41, 5.74) is 0.697. The average molecular weight is 288 g/mol. The van der Waals surface area contributed by atoms with Gasteiger partial charge in [0.25, 0.3) is 0 Å². The number of hydrogen-bond donors (Lipinski definition) is 2. The summed E-state index contributed by atoms with van der Waals surface area (Å²) in [5, 5.41) is 6.37. The van der Waals surface area contributed by atoms with Crippen molar-refractivity contribution in [2.45, 2.75) is 26.2 Å². The third-order valence-corrected chi connectivity index (χ3v) is 3.13. The van der Waals surface area contributed by atoms with Gasteiger partial charge in [-0.05, 0) is 30.5 Å². The molecule has 0 radical (unpaired) electrons. The van der Waals surface area contributed by atoms with Crippen molar-refractivity contribution in [1.29, 1.82) is 0 Å². The number of benzene rings is 1. The predicted molar refractivity (Wildman–Crippen MR) is 84.0 cm³/mol. The number of rotatable bonds is 8. The Kier molecular flexibility index (Phi) is 5.94. The van der Waals surface area contributed by atoms with Gasteiger partial charge in [0.05, 0.1) is 0 Å². The van der Waals surface area contributed by atoms with Gasteiger partial charge < -0.3 is 10.6 Å². The summed E-state index contributed by atoms with van der Waals surface area (Å²) in [4.78, 5) is 8.54. The van der Waals surface area contributed by atoms with Crippen LogP contribution in [0.3, 0.4) is 0 Å². The van der Waals surface area contributed by atoms with Gasteiger partial charge in [0.15, 0.2) is 0 Å². The molecular formula is C16H21FN4. The molecule has 0 spiro atoms. The number of halogens is 1. The topological polar surface area (TPSA) is 49.8 Å². The molecule has 0 aliphatic rings. The van der Waals surface area contributed by atoms with Crippen molar-refractivity contribution in [2.24, 2.45) is 0 Å². The first kappa shape index (κ1) is 15.2. The van der Waals surface area contributed by atoms with Gasteiger partial charge in [-0.3, -0.25) is 0 Å². The molecule has 0 saturated carbocycles. The summed E-state index contributed by atoms with van der Waals surface area (Å²) in [6.45, 7) is 3.65. The van der Waals surface area contributed by atoms with E-state index in [1.165, 1.54) is 6.07 Å². The van der Waals surface area contributed by atoms with Crippen LogP contribution in [-0.4, -0.2) is 23.1 Å². The molecule has 0 atom stereocenters. The van der Waals surface area contributed by atoms with Crippen molar-refractivity contribution < 1.29 is 4.39 Å². The maximum atomic E-state index is 13.5. The van der Waals surface area contributed by atoms with E-state index in [9.17, 15) is 4.39 Å². The van der Waals surface area contributed by atoms with Gasteiger partial charge in [-0.25, -0.2) is 9.37 Å². The Morgan fingerprint density at radius 2 is 1.95 bits per heavy atom. The van der Waals surface area contributed by atoms with Crippen LogP contribution in [0.4, 0.5) is 16.2 Å². The van der Waals surface area contributed by atoms with Crippen LogP contribution in [0, 0.1) is 5.82 Å². The first-order chi connectivity index (χ1) is 10.3. The maximum Gasteiger partial charge on any atom is 0.224 e. The second-order valence-electron chi connectivity index (χ2n) is 4.81. The number of hydrogen-bond acceptors (Lipinski definition) is 4. The molecule has 5 heteroatoms. The zero-order chi connectivity index (χ0) is 14.9. The van der Waals surface area contributed by atoms with Crippen LogP contribution in [0.2, 0.25) is 0 Å². The molecule has 2 aromatic rings. The van der Waals surface area contributed by atoms with Gasteiger partial charge in [-0.1, -0.05) is 31.5 Å². The van der Waals surface area contributed by atoms with Crippen LogP contribution >= 0.6 is 0 Å². The minimum absolute atomic E-state index is 0.171. The first-order valence-electron chi connectivity index (χ1n) is 7.34. The monoisotopic (exact) mass is 288 g/mol. The third kappa shape index (κ3) is 5.02. The maximum absolute atomic E-state index is 13.5. The number of unbranched alkanes of at least 4 members (excludes halogenated alkanes) is 1. The fraction of sp³-hybridized carbons (Fsp3) is 0.375. The van der Waals surface area contributed by atoms with E-state index >= 15 is 0 Å². The van der Waals surface area contributed by atoms with Gasteiger partial charge in [0, 0.05) is 19.3 Å². The number of aromatic nitrogens is 2. The zero-order valence-electron chi connectivity index (χ0n) is 12.3. The minimum atomic E-state index is -0.171. The largest absolute Gasteiger partial charge is 0.370 e. The Morgan fingerprint density at radius 3 is 2.76 bits per heavy atom. The van der Waals surface area contributed by atoms with Crippen LogP contribution in [0.5, 0.6) is 0 Å². The van der Waals surface area contributed by atoms with Crippen molar-refractivity contribution in [3.8, 4) is 0 Å². The fourth-order valence-electron chi connectivity index (χ4n) is 1.95. The van der Waals surface area contributed by atoms with E-state index < -0.39 is 0 Å². The molecule has 0 saturated heterocycles. The first-order valence-corrected chi connectivity index (χ1v) is 7.34. The molecule has 0 unspecified atom stereocenters. The van der Waals surface area contributed by atoms with Crippen LogP contribution in [0.1, 0.15) is 25.3 Å². The van der Waals surface area contributed by atoms with Crippen molar-refractivity contribution in [3.63, 3.8) is 0 Å². The highest BCUT2D eigenvalue weighted by atomic mass is 19.1. The molecule has 0 amide bonds. The van der Waals surface area contributed by atoms with Gasteiger partial charge in [-0.15, -0.1) is 0 Å². The van der Waals surface area contributed by atoms with Crippen LogP contribution in [0.15, 0.2) is 36.5 Å². The van der Waals surface area contributed by atoms with Crippen molar-refractivity contribution >= 4 is 11.8 Å². The van der Waals surface area contributed by atoms with E-state index in [1.54, 1.807) is 18.3 Å². The van der Waals surface area contributed by atoms with Gasteiger partial charge in [0.2, 0.25) is 5.95 Å². The van der Waals surface area contributed by atoms with Crippen LogP contribution < -0.4 is 10.6 Å². The minimum Gasteiger partial charge on any atom is -0.370 e. The normalized spacial score (nSPS) is 10.4.